The van der Waals surface area contributed by atoms with E-state index >= 15 is 0 Å². The summed E-state index contributed by atoms with van der Waals surface area (Å²) in [4.78, 5) is 40.8. The first-order valence-corrected chi connectivity index (χ1v) is 7.31. The fourth-order valence-corrected chi connectivity index (χ4v) is 2.52. The van der Waals surface area contributed by atoms with Gasteiger partial charge in [0.1, 0.15) is 23.4 Å². The molecule has 2 aromatic rings. The standard InChI is InChI=1S/C15H17N5O3/c1-9-16-4-3-11(17-9)15(22)20-5-6-23-13(8-20)12-7-14(21)19-10(2)18-12/h3-4,7,13H,5-6,8H2,1-2H3,(H,18,19,21). The lowest BCUT2D eigenvalue weighted by atomic mass is 10.2. The number of morpholine rings is 1. The van der Waals surface area contributed by atoms with Crippen LogP contribution < -0.4 is 5.56 Å². The SMILES string of the molecule is Cc1nccc(C(=O)N2CCOC(c3cc(=O)[nH]c(C)n3)C2)n1. The smallest absolute Gasteiger partial charge is 0.272 e. The molecule has 3 heterocycles. The minimum atomic E-state index is -0.420. The van der Waals surface area contributed by atoms with Gasteiger partial charge in [0.15, 0.2) is 0 Å². The van der Waals surface area contributed by atoms with Crippen LogP contribution in [0.5, 0.6) is 0 Å². The van der Waals surface area contributed by atoms with Gasteiger partial charge in [0, 0.05) is 18.8 Å². The number of aryl methyl sites for hydroxylation is 2. The molecule has 0 spiro atoms. The van der Waals surface area contributed by atoms with Crippen LogP contribution in [0.25, 0.3) is 0 Å². The molecule has 23 heavy (non-hydrogen) atoms. The number of nitrogens with one attached hydrogen (secondary N) is 1. The molecule has 1 unspecified atom stereocenters. The van der Waals surface area contributed by atoms with Crippen molar-refractivity contribution < 1.29 is 9.53 Å². The molecule has 1 amide bonds. The van der Waals surface area contributed by atoms with E-state index < -0.39 is 6.10 Å². The second-order valence-electron chi connectivity index (χ2n) is 5.36. The number of aromatic amines is 1. The molecule has 1 atom stereocenters. The molecular weight excluding hydrogens is 298 g/mol. The van der Waals surface area contributed by atoms with E-state index in [4.69, 9.17) is 4.74 Å². The number of amides is 1. The van der Waals surface area contributed by atoms with E-state index in [1.54, 1.807) is 31.0 Å². The number of aromatic nitrogens is 4. The molecule has 1 saturated heterocycles. The van der Waals surface area contributed by atoms with Gasteiger partial charge in [-0.1, -0.05) is 0 Å². The van der Waals surface area contributed by atoms with E-state index in [-0.39, 0.29) is 11.5 Å². The van der Waals surface area contributed by atoms with Gasteiger partial charge >= 0.3 is 0 Å². The average Bonchev–Trinajstić information content (AvgIpc) is 2.53. The van der Waals surface area contributed by atoms with Crippen LogP contribution in [0.2, 0.25) is 0 Å². The van der Waals surface area contributed by atoms with Crippen LogP contribution in [0.15, 0.2) is 23.1 Å². The minimum Gasteiger partial charge on any atom is -0.368 e. The molecule has 0 saturated carbocycles. The largest absolute Gasteiger partial charge is 0.368 e. The van der Waals surface area contributed by atoms with Crippen molar-refractivity contribution in [3.8, 4) is 0 Å². The van der Waals surface area contributed by atoms with Gasteiger partial charge in [0.05, 0.1) is 18.8 Å². The van der Waals surface area contributed by atoms with E-state index in [0.29, 0.717) is 42.7 Å². The second kappa shape index (κ2) is 6.25. The number of hydrogen-bond donors (Lipinski definition) is 1. The zero-order valence-corrected chi connectivity index (χ0v) is 12.9. The van der Waals surface area contributed by atoms with Gasteiger partial charge in [0.2, 0.25) is 0 Å². The first-order valence-electron chi connectivity index (χ1n) is 7.31. The van der Waals surface area contributed by atoms with Gasteiger partial charge in [-0.25, -0.2) is 15.0 Å². The molecule has 120 valence electrons. The first-order chi connectivity index (χ1) is 11.0. The highest BCUT2D eigenvalue weighted by molar-refractivity contribution is 5.92. The normalized spacial score (nSPS) is 18.0. The molecule has 1 aliphatic rings. The molecule has 0 aliphatic carbocycles. The van der Waals surface area contributed by atoms with Crippen molar-refractivity contribution in [1.82, 2.24) is 24.8 Å². The molecule has 8 heteroatoms. The number of nitrogens with zero attached hydrogens (tertiary/aromatic N) is 4. The summed E-state index contributed by atoms with van der Waals surface area (Å²) in [5.41, 5.74) is 0.654. The summed E-state index contributed by atoms with van der Waals surface area (Å²) in [5.74, 6) is 0.892. The number of hydrogen-bond acceptors (Lipinski definition) is 6. The Bertz CT molecular complexity index is 789. The predicted octanol–water partition coefficient (Wildman–Crippen LogP) is 0.390. The van der Waals surface area contributed by atoms with Crippen molar-refractivity contribution in [2.45, 2.75) is 20.0 Å². The van der Waals surface area contributed by atoms with Gasteiger partial charge in [-0.2, -0.15) is 0 Å². The fourth-order valence-electron chi connectivity index (χ4n) is 2.52. The Labute approximate surface area is 132 Å². The Morgan fingerprint density at radius 3 is 2.96 bits per heavy atom. The second-order valence-corrected chi connectivity index (χ2v) is 5.36. The van der Waals surface area contributed by atoms with Crippen LogP contribution in [0.1, 0.15) is 33.9 Å². The topological polar surface area (TPSA) is 101 Å². The maximum atomic E-state index is 12.6. The van der Waals surface area contributed by atoms with Crippen LogP contribution in [0, 0.1) is 13.8 Å². The highest BCUT2D eigenvalue weighted by Gasteiger charge is 2.28. The van der Waals surface area contributed by atoms with Gasteiger partial charge in [-0.3, -0.25) is 9.59 Å². The third-order valence-electron chi connectivity index (χ3n) is 3.56. The Morgan fingerprint density at radius 1 is 1.39 bits per heavy atom. The molecule has 0 aromatic carbocycles. The Kier molecular flexibility index (Phi) is 4.16. The molecule has 0 radical (unpaired) electrons. The highest BCUT2D eigenvalue weighted by Crippen LogP contribution is 2.20. The highest BCUT2D eigenvalue weighted by atomic mass is 16.5. The van der Waals surface area contributed by atoms with E-state index in [9.17, 15) is 9.59 Å². The predicted molar refractivity (Wildman–Crippen MR) is 81.0 cm³/mol. The van der Waals surface area contributed by atoms with E-state index in [1.807, 2.05) is 0 Å². The minimum absolute atomic E-state index is 0.176. The Hall–Kier alpha value is -2.61. The monoisotopic (exact) mass is 315 g/mol. The van der Waals surface area contributed by atoms with Gasteiger partial charge in [-0.15, -0.1) is 0 Å². The Balaban J connectivity index is 1.80. The molecule has 1 aliphatic heterocycles. The van der Waals surface area contributed by atoms with Crippen LogP contribution in [-0.4, -0.2) is 50.4 Å². The van der Waals surface area contributed by atoms with Crippen molar-refractivity contribution >= 4 is 5.91 Å². The zero-order chi connectivity index (χ0) is 16.4. The van der Waals surface area contributed by atoms with E-state index in [0.717, 1.165) is 0 Å². The molecular formula is C15H17N5O3. The third kappa shape index (κ3) is 3.42. The van der Waals surface area contributed by atoms with Crippen LogP contribution in [0.4, 0.5) is 0 Å². The lowest BCUT2D eigenvalue weighted by Gasteiger charge is -2.32. The zero-order valence-electron chi connectivity index (χ0n) is 12.9. The number of ether oxygens (including phenoxy) is 1. The van der Waals surface area contributed by atoms with Gasteiger partial charge in [0.25, 0.3) is 11.5 Å². The van der Waals surface area contributed by atoms with Crippen LogP contribution in [0.3, 0.4) is 0 Å². The lowest BCUT2D eigenvalue weighted by molar-refractivity contribution is -0.0250. The summed E-state index contributed by atoms with van der Waals surface area (Å²) in [6, 6.07) is 3.00. The first kappa shape index (κ1) is 15.3. The van der Waals surface area contributed by atoms with Gasteiger partial charge < -0.3 is 14.6 Å². The van der Waals surface area contributed by atoms with E-state index in [2.05, 4.69) is 19.9 Å². The van der Waals surface area contributed by atoms with E-state index in [1.165, 1.54) is 6.07 Å². The summed E-state index contributed by atoms with van der Waals surface area (Å²) in [7, 11) is 0. The summed E-state index contributed by atoms with van der Waals surface area (Å²) < 4.78 is 5.67. The van der Waals surface area contributed by atoms with Gasteiger partial charge in [-0.05, 0) is 19.9 Å². The van der Waals surface area contributed by atoms with Crippen molar-refractivity contribution in [2.24, 2.45) is 0 Å². The maximum Gasteiger partial charge on any atom is 0.272 e. The molecule has 3 rings (SSSR count). The number of rotatable bonds is 2. The van der Waals surface area contributed by atoms with Crippen molar-refractivity contribution in [3.05, 3.63) is 51.7 Å². The number of carbonyl (C=O) groups is 1. The average molecular weight is 315 g/mol. The maximum absolute atomic E-state index is 12.6. The van der Waals surface area contributed by atoms with Crippen molar-refractivity contribution in [1.29, 1.82) is 0 Å². The van der Waals surface area contributed by atoms with Crippen LogP contribution >= 0.6 is 0 Å². The fraction of sp³-hybridized carbons (Fsp3) is 0.400. The number of H-pyrrole nitrogens is 1. The summed E-state index contributed by atoms with van der Waals surface area (Å²) in [6.45, 7) is 4.63. The summed E-state index contributed by atoms with van der Waals surface area (Å²) >= 11 is 0. The van der Waals surface area contributed by atoms with Crippen LogP contribution in [-0.2, 0) is 4.74 Å². The molecule has 1 N–H and O–H groups in total. The number of carbonyl (C=O) groups excluding carboxylic acids is 1. The van der Waals surface area contributed by atoms with Crippen molar-refractivity contribution in [2.75, 3.05) is 19.7 Å². The quantitative estimate of drug-likeness (QED) is 0.860. The molecule has 1 fully saturated rings. The third-order valence-corrected chi connectivity index (χ3v) is 3.56. The summed E-state index contributed by atoms with van der Waals surface area (Å²) in [5, 5.41) is 0. The molecule has 2 aromatic heterocycles. The van der Waals surface area contributed by atoms with Crippen molar-refractivity contribution in [3.63, 3.8) is 0 Å². The molecule has 0 bridgehead atoms. The molecule has 8 nitrogen and oxygen atoms in total. The Morgan fingerprint density at radius 2 is 2.22 bits per heavy atom. The lowest BCUT2D eigenvalue weighted by Crippen LogP contribution is -2.43. The summed E-state index contributed by atoms with van der Waals surface area (Å²) in [6.07, 6.45) is 1.14.